The molecule has 1 aromatic carbocycles. The zero-order valence-electron chi connectivity index (χ0n) is 10.2. The van der Waals surface area contributed by atoms with Crippen molar-refractivity contribution in [3.05, 3.63) is 29.8 Å². The minimum Gasteiger partial charge on any atom is -0.318 e. The van der Waals surface area contributed by atoms with Gasteiger partial charge in [-0.15, -0.1) is 0 Å². The van der Waals surface area contributed by atoms with Gasteiger partial charge < -0.3 is 5.32 Å². The summed E-state index contributed by atoms with van der Waals surface area (Å²) in [6.07, 6.45) is 0.807. The highest BCUT2D eigenvalue weighted by atomic mass is 32.2. The normalized spacial score (nSPS) is 16.9. The summed E-state index contributed by atoms with van der Waals surface area (Å²) in [5.74, 6) is 0. The number of rotatable bonds is 4. The second kappa shape index (κ2) is 4.66. The van der Waals surface area contributed by atoms with Crippen LogP contribution in [0.5, 0.6) is 0 Å². The summed E-state index contributed by atoms with van der Waals surface area (Å²) in [5.41, 5.74) is 1.96. The molecule has 1 aromatic rings. The highest BCUT2D eigenvalue weighted by Gasteiger charge is 2.32. The Morgan fingerprint density at radius 3 is 2.82 bits per heavy atom. The fourth-order valence-corrected chi connectivity index (χ4v) is 3.79. The molecule has 0 saturated carbocycles. The molecule has 1 N–H and O–H groups in total. The van der Waals surface area contributed by atoms with E-state index < -0.39 is 15.3 Å². The molecule has 5 heteroatoms. The molecule has 94 valence electrons. The van der Waals surface area contributed by atoms with Gasteiger partial charge in [-0.3, -0.25) is 4.31 Å². The van der Waals surface area contributed by atoms with E-state index in [1.165, 1.54) is 0 Å². The van der Waals surface area contributed by atoms with Crippen molar-refractivity contribution in [2.75, 3.05) is 24.4 Å². The Labute approximate surface area is 103 Å². The molecular formula is C12H18N2O2S. The predicted molar refractivity (Wildman–Crippen MR) is 69.8 cm³/mol. The number of nitrogens with zero attached hydrogens (tertiary/aromatic N) is 1. The van der Waals surface area contributed by atoms with Crippen LogP contribution in [-0.4, -0.2) is 33.8 Å². The lowest BCUT2D eigenvalue weighted by atomic mass is 10.2. The van der Waals surface area contributed by atoms with Crippen LogP contribution >= 0.6 is 0 Å². The van der Waals surface area contributed by atoms with Gasteiger partial charge in [0.05, 0.1) is 10.9 Å². The zero-order chi connectivity index (χ0) is 12.5. The van der Waals surface area contributed by atoms with E-state index in [1.807, 2.05) is 24.3 Å². The minimum atomic E-state index is -3.24. The summed E-state index contributed by atoms with van der Waals surface area (Å²) < 4.78 is 26.3. The molecule has 0 amide bonds. The van der Waals surface area contributed by atoms with E-state index in [0.717, 1.165) is 17.7 Å². The maximum atomic E-state index is 12.4. The van der Waals surface area contributed by atoms with Crippen molar-refractivity contribution < 1.29 is 8.42 Å². The molecule has 0 fully saturated rings. The first-order chi connectivity index (χ1) is 8.07. The van der Waals surface area contributed by atoms with Crippen LogP contribution in [-0.2, 0) is 16.4 Å². The first-order valence-electron chi connectivity index (χ1n) is 5.81. The number of para-hydroxylation sites is 1. The number of hydrogen-bond donors (Lipinski definition) is 1. The van der Waals surface area contributed by atoms with Crippen molar-refractivity contribution in [3.8, 4) is 0 Å². The molecule has 0 radical (unpaired) electrons. The SMILES string of the molecule is CNCC(C)S(=O)(=O)N1CCc2ccccc21. The Morgan fingerprint density at radius 1 is 1.41 bits per heavy atom. The van der Waals surface area contributed by atoms with Crippen molar-refractivity contribution in [1.29, 1.82) is 0 Å². The van der Waals surface area contributed by atoms with Crippen LogP contribution in [0.25, 0.3) is 0 Å². The smallest absolute Gasteiger partial charge is 0.239 e. The molecule has 2 rings (SSSR count). The van der Waals surface area contributed by atoms with Crippen molar-refractivity contribution in [3.63, 3.8) is 0 Å². The van der Waals surface area contributed by atoms with Crippen LogP contribution in [0.15, 0.2) is 24.3 Å². The summed E-state index contributed by atoms with van der Waals surface area (Å²) >= 11 is 0. The maximum absolute atomic E-state index is 12.4. The lowest BCUT2D eigenvalue weighted by molar-refractivity contribution is 0.574. The van der Waals surface area contributed by atoms with E-state index in [0.29, 0.717) is 13.1 Å². The Bertz CT molecular complexity index is 499. The topological polar surface area (TPSA) is 49.4 Å². The highest BCUT2D eigenvalue weighted by molar-refractivity contribution is 7.93. The third kappa shape index (κ3) is 2.17. The van der Waals surface area contributed by atoms with Gasteiger partial charge in [-0.25, -0.2) is 8.42 Å². The molecule has 1 unspecified atom stereocenters. The molecule has 0 aromatic heterocycles. The fraction of sp³-hybridized carbons (Fsp3) is 0.500. The largest absolute Gasteiger partial charge is 0.318 e. The van der Waals surface area contributed by atoms with Gasteiger partial charge in [0, 0.05) is 13.1 Å². The van der Waals surface area contributed by atoms with Crippen LogP contribution in [0.3, 0.4) is 0 Å². The first kappa shape index (κ1) is 12.4. The lowest BCUT2D eigenvalue weighted by Crippen LogP contribution is -2.40. The van der Waals surface area contributed by atoms with Crippen molar-refractivity contribution in [1.82, 2.24) is 5.32 Å². The monoisotopic (exact) mass is 254 g/mol. The number of hydrogen-bond acceptors (Lipinski definition) is 3. The van der Waals surface area contributed by atoms with E-state index in [1.54, 1.807) is 18.3 Å². The second-order valence-corrected chi connectivity index (χ2v) is 6.64. The van der Waals surface area contributed by atoms with Gasteiger partial charge >= 0.3 is 0 Å². The van der Waals surface area contributed by atoms with E-state index in [9.17, 15) is 8.42 Å². The van der Waals surface area contributed by atoms with Gasteiger partial charge in [0.15, 0.2) is 0 Å². The molecule has 17 heavy (non-hydrogen) atoms. The molecule has 0 saturated heterocycles. The summed E-state index contributed by atoms with van der Waals surface area (Å²) in [6, 6.07) is 7.71. The van der Waals surface area contributed by atoms with Gasteiger partial charge in [-0.05, 0) is 32.0 Å². The number of nitrogens with one attached hydrogen (secondary N) is 1. The molecule has 0 aliphatic carbocycles. The molecule has 1 aliphatic heterocycles. The third-order valence-electron chi connectivity index (χ3n) is 3.15. The Morgan fingerprint density at radius 2 is 2.12 bits per heavy atom. The summed E-state index contributed by atoms with van der Waals surface area (Å²) in [5, 5.41) is 2.51. The number of fused-ring (bicyclic) bond motifs is 1. The van der Waals surface area contributed by atoms with Crippen LogP contribution in [0.2, 0.25) is 0 Å². The quantitative estimate of drug-likeness (QED) is 0.871. The molecule has 1 aliphatic rings. The second-order valence-electron chi connectivity index (χ2n) is 4.36. The van der Waals surface area contributed by atoms with Crippen molar-refractivity contribution in [2.45, 2.75) is 18.6 Å². The fourth-order valence-electron chi connectivity index (χ4n) is 2.18. The summed E-state index contributed by atoms with van der Waals surface area (Å²) in [6.45, 7) is 2.78. The number of anilines is 1. The predicted octanol–water partition coefficient (Wildman–Crippen LogP) is 0.987. The Kier molecular flexibility index (Phi) is 3.40. The molecule has 0 spiro atoms. The van der Waals surface area contributed by atoms with Crippen molar-refractivity contribution >= 4 is 15.7 Å². The van der Waals surface area contributed by atoms with E-state index in [-0.39, 0.29) is 0 Å². The van der Waals surface area contributed by atoms with E-state index >= 15 is 0 Å². The van der Waals surface area contributed by atoms with Crippen LogP contribution in [0, 0.1) is 0 Å². The van der Waals surface area contributed by atoms with Crippen LogP contribution in [0.4, 0.5) is 5.69 Å². The van der Waals surface area contributed by atoms with Crippen LogP contribution < -0.4 is 9.62 Å². The van der Waals surface area contributed by atoms with Gasteiger partial charge in [0.1, 0.15) is 0 Å². The first-order valence-corrected chi connectivity index (χ1v) is 7.31. The lowest BCUT2D eigenvalue weighted by Gasteiger charge is -2.23. The standard InChI is InChI=1S/C12H18N2O2S/c1-10(9-13-2)17(15,16)14-8-7-11-5-3-4-6-12(11)14/h3-6,10,13H,7-9H2,1-2H3. The number of benzene rings is 1. The van der Waals surface area contributed by atoms with Gasteiger partial charge in [-0.2, -0.15) is 0 Å². The van der Waals surface area contributed by atoms with E-state index in [4.69, 9.17) is 0 Å². The average Bonchev–Trinajstić information content (AvgIpc) is 2.73. The minimum absolute atomic E-state index is 0.404. The molecule has 1 atom stereocenters. The molecule has 0 bridgehead atoms. The zero-order valence-corrected chi connectivity index (χ0v) is 11.0. The summed E-state index contributed by atoms with van der Waals surface area (Å²) in [7, 11) is -1.48. The Balaban J connectivity index is 2.31. The van der Waals surface area contributed by atoms with Crippen LogP contribution in [0.1, 0.15) is 12.5 Å². The Hall–Kier alpha value is -1.07. The van der Waals surface area contributed by atoms with Gasteiger partial charge in [0.2, 0.25) is 10.0 Å². The molecular weight excluding hydrogens is 236 g/mol. The summed E-state index contributed by atoms with van der Waals surface area (Å²) in [4.78, 5) is 0. The van der Waals surface area contributed by atoms with Gasteiger partial charge in [0.25, 0.3) is 0 Å². The molecule has 4 nitrogen and oxygen atoms in total. The number of sulfonamides is 1. The average molecular weight is 254 g/mol. The highest BCUT2D eigenvalue weighted by Crippen LogP contribution is 2.31. The van der Waals surface area contributed by atoms with Crippen molar-refractivity contribution in [2.24, 2.45) is 0 Å². The third-order valence-corrected chi connectivity index (χ3v) is 5.33. The maximum Gasteiger partial charge on any atom is 0.239 e. The van der Waals surface area contributed by atoms with Gasteiger partial charge in [-0.1, -0.05) is 18.2 Å². The molecule has 1 heterocycles. The van der Waals surface area contributed by atoms with E-state index in [2.05, 4.69) is 5.32 Å².